The molecule has 1 heterocycles. The van der Waals surface area contributed by atoms with Gasteiger partial charge in [0.05, 0.1) is 4.75 Å². The monoisotopic (exact) mass is 337 g/mol. The van der Waals surface area contributed by atoms with Crippen LogP contribution in [0, 0.1) is 5.92 Å². The number of hydrogen-bond acceptors (Lipinski definition) is 3. The lowest BCUT2D eigenvalue weighted by atomic mass is 9.95. The quantitative estimate of drug-likeness (QED) is 0.919. The van der Waals surface area contributed by atoms with E-state index in [1.165, 1.54) is 0 Å². The van der Waals surface area contributed by atoms with Crippen molar-refractivity contribution in [1.82, 2.24) is 4.31 Å². The number of hydrogen-bond donors (Lipinski definition) is 1. The Morgan fingerprint density at radius 3 is 2.39 bits per heavy atom. The van der Waals surface area contributed by atoms with E-state index in [9.17, 15) is 13.5 Å². The second kappa shape index (κ2) is 6.75. The molecule has 2 atom stereocenters. The van der Waals surface area contributed by atoms with Crippen LogP contribution in [-0.2, 0) is 10.0 Å². The van der Waals surface area contributed by atoms with E-state index in [4.69, 9.17) is 0 Å². The molecule has 4 nitrogen and oxygen atoms in total. The Bertz CT molecular complexity index is 659. The van der Waals surface area contributed by atoms with Gasteiger partial charge in [-0.15, -0.1) is 0 Å². The van der Waals surface area contributed by atoms with Gasteiger partial charge in [-0.3, -0.25) is 0 Å². The Morgan fingerprint density at radius 1 is 1.26 bits per heavy atom. The molecule has 1 aromatic rings. The van der Waals surface area contributed by atoms with Gasteiger partial charge in [0.1, 0.15) is 0 Å². The molecule has 0 aromatic heterocycles. The molecule has 5 heteroatoms. The molecule has 0 radical (unpaired) electrons. The topological polar surface area (TPSA) is 57.6 Å². The number of aliphatic hydroxyl groups is 1. The maximum Gasteiger partial charge on any atom is 0.219 e. The highest BCUT2D eigenvalue weighted by Gasteiger charge is 2.45. The highest BCUT2D eigenvalue weighted by Crippen LogP contribution is 2.37. The van der Waals surface area contributed by atoms with Gasteiger partial charge in [0.2, 0.25) is 10.0 Å². The van der Waals surface area contributed by atoms with Crippen molar-refractivity contribution in [1.29, 1.82) is 0 Å². The summed E-state index contributed by atoms with van der Waals surface area (Å²) in [5.41, 5.74) is 2.14. The molecule has 1 aliphatic rings. The smallest absolute Gasteiger partial charge is 0.219 e. The van der Waals surface area contributed by atoms with Gasteiger partial charge in [-0.05, 0) is 44.2 Å². The van der Waals surface area contributed by atoms with Crippen LogP contribution < -0.4 is 0 Å². The minimum Gasteiger partial charge on any atom is -0.396 e. The molecule has 0 aliphatic carbocycles. The summed E-state index contributed by atoms with van der Waals surface area (Å²) in [6.45, 7) is 7.67. The lowest BCUT2D eigenvalue weighted by Gasteiger charge is -2.31. The first kappa shape index (κ1) is 18.2. The molecule has 0 unspecified atom stereocenters. The normalized spacial score (nSPS) is 25.2. The fourth-order valence-electron chi connectivity index (χ4n) is 3.03. The summed E-state index contributed by atoms with van der Waals surface area (Å²) in [5.74, 6) is 0.142. The Morgan fingerprint density at radius 2 is 1.87 bits per heavy atom. The van der Waals surface area contributed by atoms with E-state index >= 15 is 0 Å². The second-order valence-electron chi connectivity index (χ2n) is 7.17. The standard InChI is InChI=1S/C18H27NO3S/c1-14-13-19(23(21,22)18(2,3)4)17(10-11-20)16(14)12-15-8-6-5-7-9-15/h5-9,12,14,17,20H,10-11,13H2,1-4H3/b16-12-/t14-,17+/m0/s1. The summed E-state index contributed by atoms with van der Waals surface area (Å²) in [4.78, 5) is 0. The predicted molar refractivity (Wildman–Crippen MR) is 94.5 cm³/mol. The van der Waals surface area contributed by atoms with Gasteiger partial charge < -0.3 is 5.11 Å². The molecule has 1 saturated heterocycles. The van der Waals surface area contributed by atoms with Crippen LogP contribution in [0.4, 0.5) is 0 Å². The van der Waals surface area contributed by atoms with E-state index in [0.29, 0.717) is 13.0 Å². The molecule has 1 aliphatic heterocycles. The van der Waals surface area contributed by atoms with E-state index < -0.39 is 14.8 Å². The Kier molecular flexibility index (Phi) is 5.33. The average Bonchev–Trinajstić information content (AvgIpc) is 2.77. The number of aliphatic hydroxyl groups excluding tert-OH is 1. The lowest BCUT2D eigenvalue weighted by Crippen LogP contribution is -2.46. The fourth-order valence-corrected chi connectivity index (χ4v) is 4.71. The summed E-state index contributed by atoms with van der Waals surface area (Å²) in [6.07, 6.45) is 2.50. The Hall–Kier alpha value is -1.17. The van der Waals surface area contributed by atoms with Gasteiger partial charge in [-0.25, -0.2) is 8.42 Å². The van der Waals surface area contributed by atoms with Gasteiger partial charge in [-0.2, -0.15) is 4.31 Å². The molecule has 0 spiro atoms. The zero-order valence-corrected chi connectivity index (χ0v) is 15.2. The van der Waals surface area contributed by atoms with Crippen molar-refractivity contribution < 1.29 is 13.5 Å². The number of sulfonamides is 1. The molecule has 1 N–H and O–H groups in total. The molecule has 2 rings (SSSR count). The lowest BCUT2D eigenvalue weighted by molar-refractivity contribution is 0.254. The molecule has 23 heavy (non-hydrogen) atoms. The minimum atomic E-state index is -3.42. The maximum absolute atomic E-state index is 12.9. The average molecular weight is 337 g/mol. The molecule has 0 saturated carbocycles. The third-order valence-corrected chi connectivity index (χ3v) is 6.94. The van der Waals surface area contributed by atoms with E-state index in [0.717, 1.165) is 11.1 Å². The first-order valence-corrected chi connectivity index (χ1v) is 9.51. The van der Waals surface area contributed by atoms with Crippen LogP contribution in [0.1, 0.15) is 39.7 Å². The zero-order chi connectivity index (χ0) is 17.3. The maximum atomic E-state index is 12.9. The van der Waals surface area contributed by atoms with Crippen LogP contribution in [0.15, 0.2) is 35.9 Å². The molecule has 1 fully saturated rings. The van der Waals surface area contributed by atoms with Crippen molar-refractivity contribution in [3.63, 3.8) is 0 Å². The number of rotatable bonds is 4. The van der Waals surface area contributed by atoms with Crippen molar-refractivity contribution in [3.05, 3.63) is 41.5 Å². The van der Waals surface area contributed by atoms with E-state index in [1.807, 2.05) is 30.3 Å². The number of nitrogens with zero attached hydrogens (tertiary/aromatic N) is 1. The van der Waals surface area contributed by atoms with E-state index in [-0.39, 0.29) is 18.6 Å². The van der Waals surface area contributed by atoms with Crippen molar-refractivity contribution in [2.75, 3.05) is 13.2 Å². The zero-order valence-electron chi connectivity index (χ0n) is 14.4. The summed E-state index contributed by atoms with van der Waals surface area (Å²) in [5, 5.41) is 9.43. The van der Waals surface area contributed by atoms with Gasteiger partial charge in [0.15, 0.2) is 0 Å². The van der Waals surface area contributed by atoms with Crippen LogP contribution in [0.5, 0.6) is 0 Å². The van der Waals surface area contributed by atoms with Gasteiger partial charge in [0.25, 0.3) is 0 Å². The molecule has 0 bridgehead atoms. The largest absolute Gasteiger partial charge is 0.396 e. The van der Waals surface area contributed by atoms with Crippen LogP contribution in [0.2, 0.25) is 0 Å². The second-order valence-corrected chi connectivity index (χ2v) is 9.82. The summed E-state index contributed by atoms with van der Waals surface area (Å²) < 4.78 is 26.5. The van der Waals surface area contributed by atoms with Crippen molar-refractivity contribution in [3.8, 4) is 0 Å². The SMILES string of the molecule is C[C@H]1CN(S(=O)(=O)C(C)(C)C)[C@H](CCO)/C1=C\c1ccccc1. The van der Waals surface area contributed by atoms with Crippen LogP contribution >= 0.6 is 0 Å². The minimum absolute atomic E-state index is 0.0281. The van der Waals surface area contributed by atoms with Crippen molar-refractivity contribution >= 4 is 16.1 Å². The third kappa shape index (κ3) is 3.67. The first-order valence-electron chi connectivity index (χ1n) is 8.07. The molecular formula is C18H27NO3S. The third-order valence-electron chi connectivity index (χ3n) is 4.37. The van der Waals surface area contributed by atoms with E-state index in [1.54, 1.807) is 25.1 Å². The van der Waals surface area contributed by atoms with Crippen LogP contribution in [0.3, 0.4) is 0 Å². The van der Waals surface area contributed by atoms with Gasteiger partial charge in [-0.1, -0.05) is 43.3 Å². The summed E-state index contributed by atoms with van der Waals surface area (Å²) in [6, 6.07) is 9.65. The Labute approximate surface area is 139 Å². The van der Waals surface area contributed by atoms with E-state index in [2.05, 4.69) is 13.0 Å². The number of benzene rings is 1. The summed E-state index contributed by atoms with van der Waals surface area (Å²) in [7, 11) is -3.42. The van der Waals surface area contributed by atoms with Crippen LogP contribution in [0.25, 0.3) is 6.08 Å². The highest BCUT2D eigenvalue weighted by molar-refractivity contribution is 7.90. The Balaban J connectivity index is 2.44. The van der Waals surface area contributed by atoms with Crippen LogP contribution in [-0.4, -0.2) is 41.8 Å². The fraction of sp³-hybridized carbons (Fsp3) is 0.556. The first-order chi connectivity index (χ1) is 10.7. The predicted octanol–water partition coefficient (Wildman–Crippen LogP) is 2.90. The van der Waals surface area contributed by atoms with Crippen molar-refractivity contribution in [2.24, 2.45) is 5.92 Å². The van der Waals surface area contributed by atoms with Gasteiger partial charge >= 0.3 is 0 Å². The van der Waals surface area contributed by atoms with Crippen molar-refractivity contribution in [2.45, 2.75) is 44.9 Å². The highest BCUT2D eigenvalue weighted by atomic mass is 32.2. The molecule has 1 aromatic carbocycles. The molecule has 0 amide bonds. The van der Waals surface area contributed by atoms with Gasteiger partial charge in [0, 0.05) is 19.2 Å². The summed E-state index contributed by atoms with van der Waals surface area (Å²) >= 11 is 0. The molecule has 128 valence electrons. The molecular weight excluding hydrogens is 310 g/mol.